The number of halogens is 2. The summed E-state index contributed by atoms with van der Waals surface area (Å²) >= 11 is 0. The van der Waals surface area contributed by atoms with Crippen molar-refractivity contribution in [2.24, 2.45) is 0 Å². The second kappa shape index (κ2) is 3.91. The Kier molecular flexibility index (Phi) is 3.05. The molecule has 6 heteroatoms. The van der Waals surface area contributed by atoms with E-state index in [0.717, 1.165) is 12.1 Å². The third-order valence-electron chi connectivity index (χ3n) is 1.49. The molecular weight excluding hydrogens is 214 g/mol. The average molecular weight is 222 g/mol. The molecule has 1 aromatic carbocycles. The molecule has 14 heavy (non-hydrogen) atoms. The summed E-state index contributed by atoms with van der Waals surface area (Å²) in [5.74, 6) is -3.37. The van der Waals surface area contributed by atoms with Gasteiger partial charge < -0.3 is 4.18 Å². The summed E-state index contributed by atoms with van der Waals surface area (Å²) in [6.45, 7) is 1.34. The van der Waals surface area contributed by atoms with Crippen molar-refractivity contribution in [2.75, 3.05) is 5.75 Å². The third-order valence-corrected chi connectivity index (χ3v) is 2.63. The van der Waals surface area contributed by atoms with Crippen molar-refractivity contribution in [3.05, 3.63) is 29.8 Å². The lowest BCUT2D eigenvalue weighted by molar-refractivity contribution is 0.438. The summed E-state index contributed by atoms with van der Waals surface area (Å²) in [5, 5.41) is 0. The Morgan fingerprint density at radius 2 is 2.00 bits per heavy atom. The molecule has 0 saturated carbocycles. The van der Waals surface area contributed by atoms with Gasteiger partial charge >= 0.3 is 10.1 Å². The largest absolute Gasteiger partial charge is 0.379 e. The summed E-state index contributed by atoms with van der Waals surface area (Å²) in [6.07, 6.45) is 0. The second-order valence-corrected chi connectivity index (χ2v) is 4.34. The minimum Gasteiger partial charge on any atom is -0.379 e. The Morgan fingerprint density at radius 1 is 1.36 bits per heavy atom. The molecule has 0 aromatic heterocycles. The van der Waals surface area contributed by atoms with E-state index < -0.39 is 27.5 Å². The van der Waals surface area contributed by atoms with Gasteiger partial charge in [-0.05, 0) is 19.1 Å². The first-order valence-corrected chi connectivity index (χ1v) is 5.40. The third kappa shape index (κ3) is 2.41. The maximum atomic E-state index is 12.9. The van der Waals surface area contributed by atoms with Crippen LogP contribution in [0, 0.1) is 11.6 Å². The van der Waals surface area contributed by atoms with Crippen LogP contribution >= 0.6 is 0 Å². The Balaban J connectivity index is 3.05. The highest BCUT2D eigenvalue weighted by Crippen LogP contribution is 2.20. The molecule has 0 heterocycles. The first-order chi connectivity index (χ1) is 6.46. The molecule has 0 fully saturated rings. The fourth-order valence-electron chi connectivity index (χ4n) is 0.744. The lowest BCUT2D eigenvalue weighted by Gasteiger charge is -2.05. The fraction of sp³-hybridized carbons (Fsp3) is 0.250. The molecule has 0 spiro atoms. The van der Waals surface area contributed by atoms with Gasteiger partial charge in [-0.1, -0.05) is 6.07 Å². The van der Waals surface area contributed by atoms with Crippen LogP contribution in [0.5, 0.6) is 5.75 Å². The average Bonchev–Trinajstić information content (AvgIpc) is 2.13. The van der Waals surface area contributed by atoms with Gasteiger partial charge in [0.25, 0.3) is 0 Å². The first kappa shape index (κ1) is 10.9. The van der Waals surface area contributed by atoms with Gasteiger partial charge in [0, 0.05) is 0 Å². The van der Waals surface area contributed by atoms with E-state index in [0.29, 0.717) is 0 Å². The van der Waals surface area contributed by atoms with Crippen LogP contribution in [0.4, 0.5) is 8.78 Å². The molecule has 0 atom stereocenters. The number of hydrogen-bond donors (Lipinski definition) is 0. The predicted octanol–water partition coefficient (Wildman–Crippen LogP) is 1.69. The van der Waals surface area contributed by atoms with Gasteiger partial charge in [0.05, 0.1) is 5.75 Å². The van der Waals surface area contributed by atoms with E-state index in [4.69, 9.17) is 0 Å². The van der Waals surface area contributed by atoms with E-state index in [2.05, 4.69) is 4.18 Å². The zero-order valence-electron chi connectivity index (χ0n) is 7.33. The quantitative estimate of drug-likeness (QED) is 0.731. The number of hydrogen-bond acceptors (Lipinski definition) is 3. The summed E-state index contributed by atoms with van der Waals surface area (Å²) in [7, 11) is -3.82. The van der Waals surface area contributed by atoms with Crippen LogP contribution < -0.4 is 4.18 Å². The van der Waals surface area contributed by atoms with Crippen LogP contribution in [-0.2, 0) is 10.1 Å². The van der Waals surface area contributed by atoms with Crippen molar-refractivity contribution in [2.45, 2.75) is 6.92 Å². The molecular formula is C8H8F2O3S. The monoisotopic (exact) mass is 222 g/mol. The van der Waals surface area contributed by atoms with Gasteiger partial charge in [0.15, 0.2) is 11.6 Å². The van der Waals surface area contributed by atoms with E-state index >= 15 is 0 Å². The van der Waals surface area contributed by atoms with Gasteiger partial charge in [-0.3, -0.25) is 0 Å². The first-order valence-electron chi connectivity index (χ1n) is 3.82. The fourth-order valence-corrected chi connectivity index (χ4v) is 1.26. The molecule has 0 aliphatic rings. The van der Waals surface area contributed by atoms with E-state index in [-0.39, 0.29) is 5.75 Å². The van der Waals surface area contributed by atoms with Gasteiger partial charge in [-0.15, -0.1) is 0 Å². The highest BCUT2D eigenvalue weighted by atomic mass is 32.2. The minimum atomic E-state index is -3.82. The van der Waals surface area contributed by atoms with Crippen molar-refractivity contribution in [3.8, 4) is 5.75 Å². The van der Waals surface area contributed by atoms with Crippen LogP contribution in [0.15, 0.2) is 18.2 Å². The molecule has 3 nitrogen and oxygen atoms in total. The molecule has 0 saturated heterocycles. The minimum absolute atomic E-state index is 0.303. The smallest absolute Gasteiger partial charge is 0.309 e. The molecule has 0 aliphatic carbocycles. The van der Waals surface area contributed by atoms with Gasteiger partial charge in [-0.2, -0.15) is 12.8 Å². The van der Waals surface area contributed by atoms with Gasteiger partial charge in [-0.25, -0.2) is 4.39 Å². The van der Waals surface area contributed by atoms with Gasteiger partial charge in [0.1, 0.15) is 0 Å². The molecule has 0 bridgehead atoms. The van der Waals surface area contributed by atoms with Crippen molar-refractivity contribution in [3.63, 3.8) is 0 Å². The summed E-state index contributed by atoms with van der Waals surface area (Å²) in [6, 6.07) is 3.09. The van der Waals surface area contributed by atoms with Crippen LogP contribution in [0.25, 0.3) is 0 Å². The van der Waals surface area contributed by atoms with E-state index in [1.165, 1.54) is 13.0 Å². The van der Waals surface area contributed by atoms with Gasteiger partial charge in [0.2, 0.25) is 5.82 Å². The zero-order chi connectivity index (χ0) is 10.8. The standard InChI is InChI=1S/C8H8F2O3S/c1-2-14(11,12)13-7-5-3-4-6(9)8(7)10/h3-5H,2H2,1H3. The van der Waals surface area contributed by atoms with E-state index in [1.807, 2.05) is 0 Å². The Labute approximate surface area is 80.4 Å². The maximum absolute atomic E-state index is 12.9. The normalized spacial score (nSPS) is 11.4. The highest BCUT2D eigenvalue weighted by Gasteiger charge is 2.15. The molecule has 1 aromatic rings. The summed E-state index contributed by atoms with van der Waals surface area (Å²) in [4.78, 5) is 0. The Bertz CT molecular complexity index is 428. The van der Waals surface area contributed by atoms with Crippen molar-refractivity contribution in [1.82, 2.24) is 0 Å². The maximum Gasteiger partial charge on any atom is 0.309 e. The molecule has 0 amide bonds. The molecule has 0 unspecified atom stereocenters. The van der Waals surface area contributed by atoms with E-state index in [1.54, 1.807) is 0 Å². The second-order valence-electron chi connectivity index (χ2n) is 2.48. The zero-order valence-corrected chi connectivity index (χ0v) is 8.14. The molecule has 78 valence electrons. The van der Waals surface area contributed by atoms with Crippen LogP contribution in [0.2, 0.25) is 0 Å². The van der Waals surface area contributed by atoms with Crippen LogP contribution in [0.3, 0.4) is 0 Å². The summed E-state index contributed by atoms with van der Waals surface area (Å²) in [5.41, 5.74) is 0. The van der Waals surface area contributed by atoms with E-state index in [9.17, 15) is 17.2 Å². The topological polar surface area (TPSA) is 43.4 Å². The lowest BCUT2D eigenvalue weighted by atomic mass is 10.3. The van der Waals surface area contributed by atoms with Crippen LogP contribution in [0.1, 0.15) is 6.92 Å². The Morgan fingerprint density at radius 3 is 2.57 bits per heavy atom. The van der Waals surface area contributed by atoms with Crippen molar-refractivity contribution >= 4 is 10.1 Å². The number of benzene rings is 1. The Hall–Kier alpha value is -1.17. The molecule has 0 radical (unpaired) electrons. The van der Waals surface area contributed by atoms with Crippen molar-refractivity contribution < 1.29 is 21.4 Å². The molecule has 0 aliphatic heterocycles. The lowest BCUT2D eigenvalue weighted by Crippen LogP contribution is -2.12. The van der Waals surface area contributed by atoms with Crippen molar-refractivity contribution in [1.29, 1.82) is 0 Å². The van der Waals surface area contributed by atoms with Crippen LogP contribution in [-0.4, -0.2) is 14.2 Å². The SMILES string of the molecule is CCS(=O)(=O)Oc1cccc(F)c1F. The number of rotatable bonds is 3. The predicted molar refractivity (Wildman–Crippen MR) is 46.4 cm³/mol. The summed E-state index contributed by atoms with van der Waals surface area (Å²) < 4.78 is 51.7. The molecule has 0 N–H and O–H groups in total. The molecule has 1 rings (SSSR count). The highest BCUT2D eigenvalue weighted by molar-refractivity contribution is 7.87.